The second-order valence-corrected chi connectivity index (χ2v) is 10.9. The number of aryl methyl sites for hydroxylation is 1. The number of halogens is 3. The van der Waals surface area contributed by atoms with Crippen molar-refractivity contribution in [2.45, 2.75) is 42.1 Å². The van der Waals surface area contributed by atoms with Gasteiger partial charge in [0.15, 0.2) is 0 Å². The highest BCUT2D eigenvalue weighted by atomic mass is 35.5. The van der Waals surface area contributed by atoms with Crippen molar-refractivity contribution in [1.82, 2.24) is 15.5 Å². The van der Waals surface area contributed by atoms with Crippen LogP contribution >= 0.6 is 23.2 Å². The smallest absolute Gasteiger partial charge is 0.310 e. The molecule has 2 aromatic rings. The minimum absolute atomic E-state index is 0.0669. The number of nitrogens with one attached hydrogen (secondary N) is 1. The first-order valence-corrected chi connectivity index (χ1v) is 12.0. The molecule has 6 nitrogen and oxygen atoms in total. The van der Waals surface area contributed by atoms with Crippen LogP contribution in [0.5, 0.6) is 0 Å². The molecule has 1 spiro atoms. The molecule has 0 radical (unpaired) electrons. The third-order valence-corrected chi connectivity index (χ3v) is 8.93. The lowest BCUT2D eigenvalue weighted by Crippen LogP contribution is -2.47. The Morgan fingerprint density at radius 3 is 2.81 bits per heavy atom. The van der Waals surface area contributed by atoms with Gasteiger partial charge in [-0.25, -0.2) is 12.8 Å². The number of benzene rings is 1. The number of sulfone groups is 1. The highest BCUT2D eigenvalue weighted by Crippen LogP contribution is 2.59. The van der Waals surface area contributed by atoms with Crippen LogP contribution in [0.2, 0.25) is 5.02 Å². The van der Waals surface area contributed by atoms with Crippen molar-refractivity contribution in [1.29, 1.82) is 0 Å². The van der Waals surface area contributed by atoms with Crippen molar-refractivity contribution in [3.63, 3.8) is 0 Å². The molecule has 5 rings (SSSR count). The number of aromatic nitrogens is 2. The van der Waals surface area contributed by atoms with Crippen LogP contribution in [-0.2, 0) is 14.8 Å². The summed E-state index contributed by atoms with van der Waals surface area (Å²) in [6.45, 7) is 1.48. The first-order valence-electron chi connectivity index (χ1n) is 9.74. The fraction of sp³-hybridized carbons (Fsp3) is 0.333. The first-order chi connectivity index (χ1) is 14.7. The number of nitrogens with zero attached hydrogens (tertiary/aromatic N) is 2. The summed E-state index contributed by atoms with van der Waals surface area (Å²) in [5, 5.41) is 8.31. The molecule has 1 fully saturated rings. The van der Waals surface area contributed by atoms with Crippen LogP contribution in [0.4, 0.5) is 4.39 Å². The molecule has 162 valence electrons. The van der Waals surface area contributed by atoms with E-state index in [-0.39, 0.29) is 22.2 Å². The summed E-state index contributed by atoms with van der Waals surface area (Å²) in [5.74, 6) is -0.544. The van der Waals surface area contributed by atoms with E-state index in [9.17, 15) is 8.42 Å². The Kier molecular flexibility index (Phi) is 4.63. The molecular weight excluding hydrogens is 464 g/mol. The van der Waals surface area contributed by atoms with Gasteiger partial charge in [0.05, 0.1) is 10.9 Å². The Bertz CT molecular complexity index is 1290. The quantitative estimate of drug-likeness (QED) is 0.679. The van der Waals surface area contributed by atoms with Crippen LogP contribution < -0.4 is 5.32 Å². The average molecular weight is 482 g/mol. The van der Waals surface area contributed by atoms with Gasteiger partial charge in [-0.05, 0) is 55.2 Å². The predicted molar refractivity (Wildman–Crippen MR) is 114 cm³/mol. The van der Waals surface area contributed by atoms with E-state index >= 15 is 4.39 Å². The maximum absolute atomic E-state index is 17.0. The molecule has 0 amide bonds. The van der Waals surface area contributed by atoms with Gasteiger partial charge in [0.1, 0.15) is 0 Å². The second-order valence-electron chi connectivity index (χ2n) is 7.97. The molecule has 0 bridgehead atoms. The van der Waals surface area contributed by atoms with E-state index in [2.05, 4.69) is 15.5 Å². The fourth-order valence-corrected chi connectivity index (χ4v) is 7.10. The van der Waals surface area contributed by atoms with E-state index < -0.39 is 32.2 Å². The van der Waals surface area contributed by atoms with Gasteiger partial charge in [-0.1, -0.05) is 35.3 Å². The summed E-state index contributed by atoms with van der Waals surface area (Å²) in [4.78, 5) is -0.264. The zero-order valence-corrected chi connectivity index (χ0v) is 18.7. The van der Waals surface area contributed by atoms with Gasteiger partial charge in [0.2, 0.25) is 15.7 Å². The van der Waals surface area contributed by atoms with Crippen molar-refractivity contribution in [2.24, 2.45) is 5.41 Å². The van der Waals surface area contributed by atoms with E-state index in [1.54, 1.807) is 12.2 Å². The van der Waals surface area contributed by atoms with Gasteiger partial charge < -0.3 is 9.73 Å². The van der Waals surface area contributed by atoms with Crippen molar-refractivity contribution in [3.05, 3.63) is 75.6 Å². The topological polar surface area (TPSA) is 85.1 Å². The molecule has 3 unspecified atom stereocenters. The largest absolute Gasteiger partial charge is 0.421 e. The molecule has 1 aliphatic heterocycles. The van der Waals surface area contributed by atoms with Crippen LogP contribution in [0.3, 0.4) is 0 Å². The van der Waals surface area contributed by atoms with Crippen molar-refractivity contribution >= 4 is 33.0 Å². The highest BCUT2D eigenvalue weighted by molar-refractivity contribution is 7.92. The maximum Gasteiger partial charge on any atom is 0.310 e. The first kappa shape index (κ1) is 20.7. The molecule has 2 heterocycles. The third kappa shape index (κ3) is 2.84. The van der Waals surface area contributed by atoms with Crippen molar-refractivity contribution in [2.75, 3.05) is 0 Å². The van der Waals surface area contributed by atoms with E-state index in [4.69, 9.17) is 27.6 Å². The van der Waals surface area contributed by atoms with Crippen LogP contribution in [0.15, 0.2) is 68.1 Å². The minimum Gasteiger partial charge on any atom is -0.421 e. The SMILES string of the molecule is Cc1nnc(C(F)(C2CC34CCC=C3C(Cl)=CC=C4N2)S(=O)(=O)c2cccc(Cl)c2)o1. The third-order valence-electron chi connectivity index (χ3n) is 6.25. The van der Waals surface area contributed by atoms with Gasteiger partial charge in [0.25, 0.3) is 5.89 Å². The number of alkyl halides is 1. The summed E-state index contributed by atoms with van der Waals surface area (Å²) >= 11 is 12.4. The normalized spacial score (nSPS) is 26.8. The number of hydrogen-bond acceptors (Lipinski definition) is 6. The lowest BCUT2D eigenvalue weighted by molar-refractivity contribution is 0.160. The lowest BCUT2D eigenvalue weighted by atomic mass is 9.74. The summed E-state index contributed by atoms with van der Waals surface area (Å²) in [7, 11) is -4.64. The fourth-order valence-electron chi connectivity index (χ4n) is 4.82. The van der Waals surface area contributed by atoms with Gasteiger partial charge in [-0.3, -0.25) is 0 Å². The van der Waals surface area contributed by atoms with Gasteiger partial charge >= 0.3 is 5.00 Å². The molecule has 1 N–H and O–H groups in total. The Morgan fingerprint density at radius 1 is 1.29 bits per heavy atom. The summed E-state index contributed by atoms with van der Waals surface area (Å²) < 4.78 is 49.8. The zero-order chi connectivity index (χ0) is 22.0. The predicted octanol–water partition coefficient (Wildman–Crippen LogP) is 4.72. The zero-order valence-electron chi connectivity index (χ0n) is 16.4. The van der Waals surface area contributed by atoms with E-state index in [1.807, 2.05) is 6.08 Å². The molecule has 0 saturated carbocycles. The van der Waals surface area contributed by atoms with Crippen LogP contribution in [-0.4, -0.2) is 24.7 Å². The average Bonchev–Trinajstić information content (AvgIpc) is 3.45. The summed E-state index contributed by atoms with van der Waals surface area (Å²) in [5.41, 5.74) is 1.07. The number of rotatable bonds is 4. The Labute approximate surface area is 188 Å². The van der Waals surface area contributed by atoms with E-state index in [1.165, 1.54) is 31.2 Å². The van der Waals surface area contributed by atoms with E-state index in [0.29, 0.717) is 11.5 Å². The highest BCUT2D eigenvalue weighted by Gasteiger charge is 2.64. The Balaban J connectivity index is 1.67. The van der Waals surface area contributed by atoms with Crippen molar-refractivity contribution in [3.8, 4) is 0 Å². The van der Waals surface area contributed by atoms with Crippen LogP contribution in [0, 0.1) is 12.3 Å². The lowest BCUT2D eigenvalue weighted by Gasteiger charge is -2.31. The summed E-state index contributed by atoms with van der Waals surface area (Å²) in [6, 6.07) is 4.32. The molecule has 3 atom stereocenters. The standard InChI is InChI=1S/C21H18Cl2FN3O3S/c1-12-26-27-19(30-12)21(24,31(28,29)14-5-2-4-13(22)10-14)18-11-20-9-3-6-15(20)16(23)7-8-17(20)25-18/h2,4-8,10,18,25H,3,9,11H2,1H3. The molecule has 1 saturated heterocycles. The van der Waals surface area contributed by atoms with Crippen LogP contribution in [0.25, 0.3) is 0 Å². The van der Waals surface area contributed by atoms with Gasteiger partial charge in [0, 0.05) is 28.1 Å². The monoisotopic (exact) mass is 481 g/mol. The molecule has 1 aromatic carbocycles. The number of allylic oxidation sites excluding steroid dienone is 5. The number of hydrogen-bond donors (Lipinski definition) is 1. The van der Waals surface area contributed by atoms with Gasteiger partial charge in [-0.15, -0.1) is 10.2 Å². The molecular formula is C21H18Cl2FN3O3S. The Morgan fingerprint density at radius 2 is 2.10 bits per heavy atom. The molecule has 31 heavy (non-hydrogen) atoms. The molecule has 10 heteroatoms. The summed E-state index contributed by atoms with van der Waals surface area (Å²) in [6.07, 6.45) is 7.20. The van der Waals surface area contributed by atoms with E-state index in [0.717, 1.165) is 17.7 Å². The second kappa shape index (κ2) is 6.92. The van der Waals surface area contributed by atoms with Crippen LogP contribution in [0.1, 0.15) is 31.0 Å². The minimum atomic E-state index is -4.64. The van der Waals surface area contributed by atoms with Crippen molar-refractivity contribution < 1.29 is 17.2 Å². The maximum atomic E-state index is 17.0. The molecule has 3 aliphatic rings. The van der Waals surface area contributed by atoms with Gasteiger partial charge in [-0.2, -0.15) is 0 Å². The molecule has 2 aliphatic carbocycles. The Hall–Kier alpha value is -2.16. The molecule has 1 aromatic heterocycles.